The third-order valence-corrected chi connectivity index (χ3v) is 6.17. The zero-order chi connectivity index (χ0) is 26.0. The minimum Gasteiger partial charge on any atom is -0.489 e. The number of piperazine rings is 1. The van der Waals surface area contributed by atoms with Gasteiger partial charge in [0.1, 0.15) is 0 Å². The van der Waals surface area contributed by atoms with E-state index in [-0.39, 0.29) is 53.9 Å². The Bertz CT molecular complexity index is 1100. The minimum atomic E-state index is -3.00. The van der Waals surface area contributed by atoms with Crippen LogP contribution in [0.5, 0.6) is 11.5 Å². The summed E-state index contributed by atoms with van der Waals surface area (Å²) in [4.78, 5) is 32.9. The van der Waals surface area contributed by atoms with Crippen molar-refractivity contribution in [2.75, 3.05) is 33.4 Å². The van der Waals surface area contributed by atoms with Gasteiger partial charge in [0, 0.05) is 31.2 Å². The lowest BCUT2D eigenvalue weighted by atomic mass is 10.1. The van der Waals surface area contributed by atoms with E-state index in [9.17, 15) is 18.4 Å². The Kier molecular flexibility index (Phi) is 7.62. The second kappa shape index (κ2) is 10.7. The highest BCUT2D eigenvalue weighted by Crippen LogP contribution is 2.37. The Morgan fingerprint density at radius 2 is 2.00 bits per heavy atom. The molecular weight excluding hydrogens is 478 g/mol. The molecule has 2 fully saturated rings. The van der Waals surface area contributed by atoms with Gasteiger partial charge in [-0.2, -0.15) is 8.78 Å². The van der Waals surface area contributed by atoms with E-state index < -0.39 is 18.7 Å². The molecule has 2 aromatic rings. The van der Waals surface area contributed by atoms with E-state index in [1.165, 1.54) is 25.3 Å². The van der Waals surface area contributed by atoms with Gasteiger partial charge in [-0.15, -0.1) is 0 Å². The maximum atomic E-state index is 13.4. The summed E-state index contributed by atoms with van der Waals surface area (Å²) < 4.78 is 46.7. The number of alkyl halides is 2. The van der Waals surface area contributed by atoms with Crippen molar-refractivity contribution in [1.29, 1.82) is 0 Å². The molecule has 12 heteroatoms. The average Bonchev–Trinajstić information content (AvgIpc) is 3.57. The summed E-state index contributed by atoms with van der Waals surface area (Å²) in [5.41, 5.74) is 6.56. The lowest BCUT2D eigenvalue weighted by molar-refractivity contribution is -0.0515. The number of halogens is 2. The number of benzene rings is 1. The smallest absolute Gasteiger partial charge is 0.409 e. The van der Waals surface area contributed by atoms with Crippen LogP contribution in [-0.4, -0.2) is 72.8 Å². The molecule has 1 saturated carbocycles. The molecule has 2 aliphatic rings. The summed E-state index contributed by atoms with van der Waals surface area (Å²) in [7, 11) is 1.31. The summed E-state index contributed by atoms with van der Waals surface area (Å²) >= 11 is 0. The Hall–Kier alpha value is -3.41. The van der Waals surface area contributed by atoms with Crippen molar-refractivity contribution in [2.24, 2.45) is 11.7 Å². The number of hydrogen-bond acceptors (Lipinski definition) is 8. The number of carbonyl (C=O) groups is 2. The molecule has 2 N–H and O–H groups in total. The zero-order valence-corrected chi connectivity index (χ0v) is 20.4. The van der Waals surface area contributed by atoms with Gasteiger partial charge >= 0.3 is 12.7 Å². The predicted octanol–water partition coefficient (Wildman–Crippen LogP) is 3.66. The van der Waals surface area contributed by atoms with E-state index in [1.54, 1.807) is 16.7 Å². The number of oxazole rings is 1. The topological polar surface area (TPSA) is 120 Å². The summed E-state index contributed by atoms with van der Waals surface area (Å²) in [6, 6.07) is 3.47. The Morgan fingerprint density at radius 1 is 1.25 bits per heavy atom. The van der Waals surface area contributed by atoms with Crippen LogP contribution in [0.3, 0.4) is 0 Å². The van der Waals surface area contributed by atoms with Crippen LogP contribution in [0.25, 0.3) is 11.5 Å². The quantitative estimate of drug-likeness (QED) is 0.574. The van der Waals surface area contributed by atoms with Crippen LogP contribution < -0.4 is 15.2 Å². The molecule has 196 valence electrons. The third-order valence-electron chi connectivity index (χ3n) is 6.17. The van der Waals surface area contributed by atoms with Gasteiger partial charge in [-0.1, -0.05) is 0 Å². The van der Waals surface area contributed by atoms with Gasteiger partial charge in [0.05, 0.1) is 19.8 Å². The van der Waals surface area contributed by atoms with Gasteiger partial charge in [0.2, 0.25) is 5.89 Å². The molecule has 0 spiro atoms. The first-order valence-corrected chi connectivity index (χ1v) is 11.8. The number of hydrogen-bond donors (Lipinski definition) is 1. The fourth-order valence-electron chi connectivity index (χ4n) is 4.04. The average molecular weight is 509 g/mol. The predicted molar refractivity (Wildman–Crippen MR) is 124 cm³/mol. The van der Waals surface area contributed by atoms with Crippen molar-refractivity contribution in [2.45, 2.75) is 45.4 Å². The van der Waals surface area contributed by atoms with E-state index in [0.717, 1.165) is 12.8 Å². The SMILES string of the molecule is COC(=O)N1CCN(C(=O)c2nc(-c3ccc(OC(F)F)c(OCC4CC4)c3)oc2[C@H](C)N)CC1C. The third kappa shape index (κ3) is 5.69. The number of aromatic nitrogens is 1. The number of methoxy groups -OCH3 is 1. The maximum Gasteiger partial charge on any atom is 0.409 e. The molecule has 1 aromatic heterocycles. The van der Waals surface area contributed by atoms with Crippen LogP contribution in [-0.2, 0) is 4.74 Å². The monoisotopic (exact) mass is 508 g/mol. The first kappa shape index (κ1) is 25.7. The molecule has 1 saturated heterocycles. The summed E-state index contributed by atoms with van der Waals surface area (Å²) in [6.07, 6.45) is 1.61. The van der Waals surface area contributed by atoms with Crippen LogP contribution in [0.15, 0.2) is 22.6 Å². The zero-order valence-electron chi connectivity index (χ0n) is 20.4. The molecule has 1 aromatic carbocycles. The van der Waals surface area contributed by atoms with Crippen molar-refractivity contribution in [3.05, 3.63) is 29.7 Å². The number of nitrogens with zero attached hydrogens (tertiary/aromatic N) is 3. The minimum absolute atomic E-state index is 0.0621. The second-order valence-corrected chi connectivity index (χ2v) is 9.08. The van der Waals surface area contributed by atoms with E-state index in [2.05, 4.69) is 9.72 Å². The first-order valence-electron chi connectivity index (χ1n) is 11.8. The van der Waals surface area contributed by atoms with Crippen molar-refractivity contribution in [3.63, 3.8) is 0 Å². The number of rotatable bonds is 8. The number of nitrogens with two attached hydrogens (primary N) is 1. The Morgan fingerprint density at radius 3 is 2.61 bits per heavy atom. The molecule has 1 aliphatic carbocycles. The molecule has 0 radical (unpaired) electrons. The molecule has 1 unspecified atom stereocenters. The lowest BCUT2D eigenvalue weighted by Crippen LogP contribution is -2.55. The van der Waals surface area contributed by atoms with Gasteiger partial charge in [-0.3, -0.25) is 4.79 Å². The van der Waals surface area contributed by atoms with Gasteiger partial charge in [0.15, 0.2) is 23.0 Å². The lowest BCUT2D eigenvalue weighted by Gasteiger charge is -2.38. The maximum absolute atomic E-state index is 13.4. The van der Waals surface area contributed by atoms with E-state index in [0.29, 0.717) is 24.6 Å². The first-order chi connectivity index (χ1) is 17.2. The second-order valence-electron chi connectivity index (χ2n) is 9.08. The highest BCUT2D eigenvalue weighted by atomic mass is 19.3. The van der Waals surface area contributed by atoms with Crippen LogP contribution in [0.4, 0.5) is 13.6 Å². The fraction of sp³-hybridized carbons (Fsp3) is 0.542. The molecule has 10 nitrogen and oxygen atoms in total. The summed E-state index contributed by atoms with van der Waals surface area (Å²) in [5.74, 6) is 0.364. The van der Waals surface area contributed by atoms with E-state index in [4.69, 9.17) is 19.6 Å². The van der Waals surface area contributed by atoms with Gasteiger partial charge in [-0.05, 0) is 50.8 Å². The normalized spacial score (nSPS) is 18.8. The Labute approximate surface area is 207 Å². The van der Waals surface area contributed by atoms with Crippen molar-refractivity contribution < 1.29 is 37.0 Å². The van der Waals surface area contributed by atoms with Crippen molar-refractivity contribution >= 4 is 12.0 Å². The molecule has 0 bridgehead atoms. The molecule has 2 heterocycles. The van der Waals surface area contributed by atoms with Gasteiger partial charge in [-0.25, -0.2) is 9.78 Å². The molecule has 1 aliphatic heterocycles. The summed E-state index contributed by atoms with van der Waals surface area (Å²) in [6.45, 7) is 1.76. The van der Waals surface area contributed by atoms with E-state index in [1.807, 2.05) is 6.92 Å². The number of amides is 2. The van der Waals surface area contributed by atoms with Crippen LogP contribution in [0.1, 0.15) is 49.0 Å². The van der Waals surface area contributed by atoms with E-state index >= 15 is 0 Å². The highest BCUT2D eigenvalue weighted by molar-refractivity contribution is 5.94. The fourth-order valence-corrected chi connectivity index (χ4v) is 4.04. The van der Waals surface area contributed by atoms with Crippen LogP contribution in [0, 0.1) is 5.92 Å². The number of ether oxygens (including phenoxy) is 3. The molecule has 2 amide bonds. The van der Waals surface area contributed by atoms with Crippen molar-refractivity contribution in [3.8, 4) is 23.0 Å². The molecule has 2 atom stereocenters. The molecule has 36 heavy (non-hydrogen) atoms. The Balaban J connectivity index is 1.59. The van der Waals surface area contributed by atoms with Crippen LogP contribution in [0.2, 0.25) is 0 Å². The van der Waals surface area contributed by atoms with Crippen LogP contribution >= 0.6 is 0 Å². The standard InChI is InChI=1S/C24H30F2N4O6/c1-13-11-29(8-9-30(13)24(32)33-3)22(31)19-20(14(2)27)36-21(28-19)16-6-7-17(35-23(25)26)18(10-16)34-12-15-4-5-15/h6-7,10,13-15,23H,4-5,8-9,11-12,27H2,1-3H3/t13?,14-/m0/s1. The molecule has 4 rings (SSSR count). The molecular formula is C24H30F2N4O6. The largest absolute Gasteiger partial charge is 0.489 e. The van der Waals surface area contributed by atoms with Gasteiger partial charge in [0.25, 0.3) is 5.91 Å². The highest BCUT2D eigenvalue weighted by Gasteiger charge is 2.34. The van der Waals surface area contributed by atoms with Crippen molar-refractivity contribution in [1.82, 2.24) is 14.8 Å². The number of carbonyl (C=O) groups excluding carboxylic acids is 2. The van der Waals surface area contributed by atoms with Gasteiger partial charge < -0.3 is 34.2 Å². The summed E-state index contributed by atoms with van der Waals surface area (Å²) in [5, 5.41) is 0.